The van der Waals surface area contributed by atoms with Crippen LogP contribution in [0.15, 0.2) is 71.6 Å². The number of hydrogen-bond acceptors (Lipinski definition) is 4. The normalized spacial score (nSPS) is 15.9. The first-order valence-corrected chi connectivity index (χ1v) is 12.7. The topological polar surface area (TPSA) is 78.5 Å². The van der Waals surface area contributed by atoms with Crippen molar-refractivity contribution in [1.29, 1.82) is 0 Å². The summed E-state index contributed by atoms with van der Waals surface area (Å²) in [4.78, 5) is 15.0. The van der Waals surface area contributed by atoms with Gasteiger partial charge in [0, 0.05) is 36.6 Å². The molecular formula is C26H28FN3O3S. The van der Waals surface area contributed by atoms with Crippen LogP contribution in [0.3, 0.4) is 0 Å². The zero-order valence-corrected chi connectivity index (χ0v) is 20.0. The quantitative estimate of drug-likeness (QED) is 0.521. The van der Waals surface area contributed by atoms with Crippen LogP contribution in [0.25, 0.3) is 0 Å². The van der Waals surface area contributed by atoms with Gasteiger partial charge in [-0.1, -0.05) is 12.1 Å². The van der Waals surface area contributed by atoms with E-state index in [1.54, 1.807) is 55.5 Å². The van der Waals surface area contributed by atoms with E-state index in [2.05, 4.69) is 14.9 Å². The third kappa shape index (κ3) is 5.56. The molecule has 1 saturated heterocycles. The van der Waals surface area contributed by atoms with Crippen LogP contribution in [-0.2, 0) is 10.0 Å². The summed E-state index contributed by atoms with van der Waals surface area (Å²) in [5.74, 6) is -0.155. The second-order valence-corrected chi connectivity index (χ2v) is 10.4. The van der Waals surface area contributed by atoms with Crippen LogP contribution in [0.5, 0.6) is 0 Å². The zero-order valence-electron chi connectivity index (χ0n) is 19.2. The average Bonchev–Trinajstić information content (AvgIpc) is 3.29. The van der Waals surface area contributed by atoms with Crippen molar-refractivity contribution < 1.29 is 17.6 Å². The van der Waals surface area contributed by atoms with Crippen molar-refractivity contribution in [2.45, 2.75) is 25.2 Å². The summed E-state index contributed by atoms with van der Waals surface area (Å²) in [5, 5.41) is 2.97. The molecule has 178 valence electrons. The SMILES string of the molecule is Cc1ccc(C)c(S(=O)(=O)Nc2ccc(C(=O)NCC3CCN(c4ccc(F)cc4)C3)cc2)c1. The minimum absolute atomic E-state index is 0.204. The lowest BCUT2D eigenvalue weighted by atomic mass is 10.1. The first-order chi connectivity index (χ1) is 16.2. The molecular weight excluding hydrogens is 453 g/mol. The first kappa shape index (κ1) is 23.8. The van der Waals surface area contributed by atoms with Crippen molar-refractivity contribution in [3.8, 4) is 0 Å². The fourth-order valence-corrected chi connectivity index (χ4v) is 5.51. The van der Waals surface area contributed by atoms with E-state index >= 15 is 0 Å². The number of rotatable bonds is 7. The van der Waals surface area contributed by atoms with Crippen molar-refractivity contribution in [1.82, 2.24) is 5.32 Å². The van der Waals surface area contributed by atoms with E-state index in [9.17, 15) is 17.6 Å². The van der Waals surface area contributed by atoms with Crippen LogP contribution in [-0.4, -0.2) is 34.0 Å². The van der Waals surface area contributed by atoms with Gasteiger partial charge in [-0.3, -0.25) is 9.52 Å². The number of nitrogens with one attached hydrogen (secondary N) is 2. The van der Waals surface area contributed by atoms with Gasteiger partial charge in [-0.2, -0.15) is 0 Å². The number of anilines is 2. The van der Waals surface area contributed by atoms with Crippen LogP contribution in [0, 0.1) is 25.6 Å². The lowest BCUT2D eigenvalue weighted by Gasteiger charge is -2.19. The number of benzene rings is 3. The Labute approximate surface area is 199 Å². The lowest BCUT2D eigenvalue weighted by molar-refractivity contribution is 0.0948. The molecule has 3 aromatic rings. The standard InChI is InChI=1S/C26H28FN3O3S/c1-18-3-4-19(2)25(15-18)34(32,33)29-23-9-5-21(6-10-23)26(31)28-16-20-13-14-30(17-20)24-11-7-22(27)8-12-24/h3-12,15,20,29H,13-14,16-17H2,1-2H3,(H,28,31). The van der Waals surface area contributed by atoms with Crippen LogP contribution in [0.4, 0.5) is 15.8 Å². The number of carbonyl (C=O) groups is 1. The third-order valence-electron chi connectivity index (χ3n) is 6.06. The van der Waals surface area contributed by atoms with Crippen LogP contribution in [0.1, 0.15) is 27.9 Å². The molecule has 0 spiro atoms. The molecule has 1 atom stereocenters. The van der Waals surface area contributed by atoms with Crippen molar-refractivity contribution in [2.24, 2.45) is 5.92 Å². The van der Waals surface area contributed by atoms with E-state index in [4.69, 9.17) is 0 Å². The van der Waals surface area contributed by atoms with Gasteiger partial charge in [-0.15, -0.1) is 0 Å². The minimum atomic E-state index is -3.73. The van der Waals surface area contributed by atoms with E-state index in [1.807, 2.05) is 13.0 Å². The minimum Gasteiger partial charge on any atom is -0.371 e. The molecule has 6 nitrogen and oxygen atoms in total. The maximum absolute atomic E-state index is 13.1. The Bertz CT molecular complexity index is 1280. The number of carbonyl (C=O) groups excluding carboxylic acids is 1. The summed E-state index contributed by atoms with van der Waals surface area (Å²) in [7, 11) is -3.73. The Hall–Kier alpha value is -3.39. The number of halogens is 1. The summed E-state index contributed by atoms with van der Waals surface area (Å²) in [6, 6.07) is 18.1. The molecule has 0 bridgehead atoms. The number of aryl methyl sites for hydroxylation is 2. The Morgan fingerprint density at radius 3 is 2.44 bits per heavy atom. The number of nitrogens with zero attached hydrogens (tertiary/aromatic N) is 1. The van der Waals surface area contributed by atoms with Gasteiger partial charge in [0.1, 0.15) is 5.82 Å². The van der Waals surface area contributed by atoms with Crippen LogP contribution < -0.4 is 14.9 Å². The zero-order chi connectivity index (χ0) is 24.3. The lowest BCUT2D eigenvalue weighted by Crippen LogP contribution is -2.31. The smallest absolute Gasteiger partial charge is 0.262 e. The average molecular weight is 482 g/mol. The Balaban J connectivity index is 1.32. The fraction of sp³-hybridized carbons (Fsp3) is 0.269. The maximum Gasteiger partial charge on any atom is 0.262 e. The van der Waals surface area contributed by atoms with Gasteiger partial charge in [0.05, 0.1) is 4.90 Å². The Morgan fingerprint density at radius 1 is 1.03 bits per heavy atom. The highest BCUT2D eigenvalue weighted by atomic mass is 32.2. The Morgan fingerprint density at radius 2 is 1.74 bits per heavy atom. The second-order valence-electron chi connectivity index (χ2n) is 8.74. The van der Waals surface area contributed by atoms with Gasteiger partial charge in [-0.25, -0.2) is 12.8 Å². The number of amides is 1. The molecule has 1 fully saturated rings. The van der Waals surface area contributed by atoms with E-state index in [-0.39, 0.29) is 16.6 Å². The predicted octanol–water partition coefficient (Wildman–Crippen LogP) is 4.50. The maximum atomic E-state index is 13.1. The molecule has 1 amide bonds. The fourth-order valence-electron chi connectivity index (χ4n) is 4.12. The van der Waals surface area contributed by atoms with Gasteiger partial charge >= 0.3 is 0 Å². The van der Waals surface area contributed by atoms with Gasteiger partial charge in [0.15, 0.2) is 0 Å². The highest BCUT2D eigenvalue weighted by Crippen LogP contribution is 2.24. The molecule has 0 saturated carbocycles. The van der Waals surface area contributed by atoms with Crippen molar-refractivity contribution in [3.05, 3.63) is 89.2 Å². The monoisotopic (exact) mass is 481 g/mol. The largest absolute Gasteiger partial charge is 0.371 e. The first-order valence-electron chi connectivity index (χ1n) is 11.2. The van der Waals surface area contributed by atoms with Crippen molar-refractivity contribution in [3.63, 3.8) is 0 Å². The highest BCUT2D eigenvalue weighted by molar-refractivity contribution is 7.92. The third-order valence-corrected chi connectivity index (χ3v) is 7.58. The summed E-state index contributed by atoms with van der Waals surface area (Å²) in [5.41, 5.74) is 3.36. The second kappa shape index (κ2) is 9.85. The molecule has 3 aromatic carbocycles. The molecule has 1 unspecified atom stereocenters. The molecule has 34 heavy (non-hydrogen) atoms. The molecule has 4 rings (SSSR count). The molecule has 0 aliphatic carbocycles. The van der Waals surface area contributed by atoms with Gasteiger partial charge in [-0.05, 0) is 91.9 Å². The molecule has 1 aliphatic rings. The van der Waals surface area contributed by atoms with E-state index in [0.717, 1.165) is 30.8 Å². The summed E-state index contributed by atoms with van der Waals surface area (Å²) in [6.45, 7) is 5.80. The van der Waals surface area contributed by atoms with Gasteiger partial charge in [0.2, 0.25) is 0 Å². The highest BCUT2D eigenvalue weighted by Gasteiger charge is 2.23. The predicted molar refractivity (Wildman–Crippen MR) is 132 cm³/mol. The van der Waals surface area contributed by atoms with E-state index in [0.29, 0.717) is 29.3 Å². The van der Waals surface area contributed by atoms with Crippen LogP contribution >= 0.6 is 0 Å². The number of sulfonamides is 1. The number of hydrogen-bond donors (Lipinski definition) is 2. The summed E-state index contributed by atoms with van der Waals surface area (Å²) >= 11 is 0. The molecule has 2 N–H and O–H groups in total. The van der Waals surface area contributed by atoms with Gasteiger partial charge in [0.25, 0.3) is 15.9 Å². The molecule has 0 aromatic heterocycles. The van der Waals surface area contributed by atoms with E-state index in [1.165, 1.54) is 12.1 Å². The molecule has 0 radical (unpaired) electrons. The van der Waals surface area contributed by atoms with E-state index < -0.39 is 10.0 Å². The Kier molecular flexibility index (Phi) is 6.88. The summed E-state index contributed by atoms with van der Waals surface area (Å²) in [6.07, 6.45) is 0.941. The van der Waals surface area contributed by atoms with Crippen molar-refractivity contribution >= 4 is 27.3 Å². The molecule has 1 heterocycles. The molecule has 8 heteroatoms. The summed E-state index contributed by atoms with van der Waals surface area (Å²) < 4.78 is 41.3. The van der Waals surface area contributed by atoms with Crippen molar-refractivity contribution in [2.75, 3.05) is 29.3 Å². The van der Waals surface area contributed by atoms with Crippen LogP contribution in [0.2, 0.25) is 0 Å². The van der Waals surface area contributed by atoms with Gasteiger partial charge < -0.3 is 10.2 Å². The molecule has 1 aliphatic heterocycles.